The Morgan fingerprint density at radius 3 is 2.83 bits per heavy atom. The molecule has 0 spiro atoms. The maximum atomic E-state index is 11.3. The number of nitrogens with one attached hydrogen (secondary N) is 1. The maximum absolute atomic E-state index is 11.3. The normalized spacial score (nSPS) is 11.2. The van der Waals surface area contributed by atoms with E-state index in [4.69, 9.17) is 9.94 Å². The summed E-state index contributed by atoms with van der Waals surface area (Å²) in [4.78, 5) is 11.3. The molecule has 0 radical (unpaired) electrons. The van der Waals surface area contributed by atoms with Crippen LogP contribution in [0.3, 0.4) is 0 Å². The first-order chi connectivity index (χ1) is 8.58. The Morgan fingerprint density at radius 1 is 1.50 bits per heavy atom. The average Bonchev–Trinajstić information content (AvgIpc) is 2.36. The molecule has 0 atom stereocenters. The summed E-state index contributed by atoms with van der Waals surface area (Å²) in [6.45, 7) is 5.96. The number of oxime groups is 1. The molecule has 0 saturated heterocycles. The Balaban J connectivity index is 2.86. The number of rotatable bonds is 5. The second-order valence-electron chi connectivity index (χ2n) is 3.93. The van der Waals surface area contributed by atoms with Crippen LogP contribution in [0.5, 0.6) is 5.75 Å². The SMILES string of the molecule is CCNC(=O)COc1cc(C)ccc1C(C)=NO. The number of carbonyl (C=O) groups excluding carboxylic acids is 1. The van der Waals surface area contributed by atoms with Crippen molar-refractivity contribution < 1.29 is 14.7 Å². The quantitative estimate of drug-likeness (QED) is 0.475. The van der Waals surface area contributed by atoms with Gasteiger partial charge in [0.05, 0.1) is 5.71 Å². The summed E-state index contributed by atoms with van der Waals surface area (Å²) in [5.74, 6) is 0.361. The van der Waals surface area contributed by atoms with E-state index in [9.17, 15) is 4.79 Å². The highest BCUT2D eigenvalue weighted by Crippen LogP contribution is 2.21. The molecule has 5 nitrogen and oxygen atoms in total. The lowest BCUT2D eigenvalue weighted by Crippen LogP contribution is -2.28. The van der Waals surface area contributed by atoms with Crippen molar-refractivity contribution in [3.05, 3.63) is 29.3 Å². The number of nitrogens with zero attached hydrogens (tertiary/aromatic N) is 1. The van der Waals surface area contributed by atoms with E-state index in [1.165, 1.54) is 0 Å². The van der Waals surface area contributed by atoms with Crippen molar-refractivity contribution in [1.82, 2.24) is 5.32 Å². The zero-order valence-electron chi connectivity index (χ0n) is 10.9. The van der Waals surface area contributed by atoms with Crippen molar-refractivity contribution >= 4 is 11.6 Å². The smallest absolute Gasteiger partial charge is 0.257 e. The number of carbonyl (C=O) groups is 1. The van der Waals surface area contributed by atoms with Crippen LogP contribution in [0.2, 0.25) is 0 Å². The molecule has 0 saturated carbocycles. The topological polar surface area (TPSA) is 70.9 Å². The fourth-order valence-electron chi connectivity index (χ4n) is 1.49. The van der Waals surface area contributed by atoms with Gasteiger partial charge in [0.2, 0.25) is 0 Å². The minimum absolute atomic E-state index is 0.0526. The van der Waals surface area contributed by atoms with Crippen LogP contribution in [0.1, 0.15) is 25.0 Å². The van der Waals surface area contributed by atoms with E-state index in [1.807, 2.05) is 26.0 Å². The van der Waals surface area contributed by atoms with Crippen molar-refractivity contribution in [3.63, 3.8) is 0 Å². The largest absolute Gasteiger partial charge is 0.483 e. The van der Waals surface area contributed by atoms with Gasteiger partial charge in [-0.15, -0.1) is 0 Å². The van der Waals surface area contributed by atoms with E-state index in [-0.39, 0.29) is 12.5 Å². The zero-order valence-corrected chi connectivity index (χ0v) is 10.9. The van der Waals surface area contributed by atoms with Gasteiger partial charge in [-0.3, -0.25) is 4.79 Å². The Hall–Kier alpha value is -2.04. The van der Waals surface area contributed by atoms with Gasteiger partial charge in [-0.05, 0) is 38.5 Å². The number of likely N-dealkylation sites (N-methyl/N-ethyl adjacent to an activating group) is 1. The second kappa shape index (κ2) is 6.64. The minimum atomic E-state index is -0.177. The molecular formula is C13H18N2O3. The van der Waals surface area contributed by atoms with Crippen LogP contribution in [-0.4, -0.2) is 30.0 Å². The lowest BCUT2D eigenvalue weighted by Gasteiger charge is -2.11. The third-order valence-electron chi connectivity index (χ3n) is 2.41. The van der Waals surface area contributed by atoms with Crippen molar-refractivity contribution in [3.8, 4) is 5.75 Å². The number of aryl methyl sites for hydroxylation is 1. The first-order valence-electron chi connectivity index (χ1n) is 5.77. The van der Waals surface area contributed by atoms with E-state index >= 15 is 0 Å². The Morgan fingerprint density at radius 2 is 2.22 bits per heavy atom. The Bertz CT molecular complexity index is 456. The summed E-state index contributed by atoms with van der Waals surface area (Å²) in [6.07, 6.45) is 0. The second-order valence-corrected chi connectivity index (χ2v) is 3.93. The van der Waals surface area contributed by atoms with Gasteiger partial charge in [-0.2, -0.15) is 0 Å². The van der Waals surface area contributed by atoms with Gasteiger partial charge in [0.25, 0.3) is 5.91 Å². The van der Waals surface area contributed by atoms with E-state index in [0.717, 1.165) is 5.56 Å². The molecule has 0 bridgehead atoms. The molecule has 0 aliphatic carbocycles. The molecule has 0 unspecified atom stereocenters. The van der Waals surface area contributed by atoms with Gasteiger partial charge in [-0.1, -0.05) is 11.2 Å². The van der Waals surface area contributed by atoms with Gasteiger partial charge < -0.3 is 15.3 Å². The van der Waals surface area contributed by atoms with Gasteiger partial charge in [-0.25, -0.2) is 0 Å². The molecule has 1 rings (SSSR count). The molecule has 1 aromatic rings. The standard InChI is InChI=1S/C13H18N2O3/c1-4-14-13(16)8-18-12-7-9(2)5-6-11(12)10(3)15-17/h5-7,17H,4,8H2,1-3H3,(H,14,16). The number of ether oxygens (including phenoxy) is 1. The highest BCUT2D eigenvalue weighted by molar-refractivity contribution is 6.00. The molecule has 0 aromatic heterocycles. The van der Waals surface area contributed by atoms with Gasteiger partial charge in [0.15, 0.2) is 6.61 Å². The first-order valence-corrected chi connectivity index (χ1v) is 5.77. The fraction of sp³-hybridized carbons (Fsp3) is 0.385. The molecule has 98 valence electrons. The molecule has 0 aliphatic heterocycles. The van der Waals surface area contributed by atoms with E-state index < -0.39 is 0 Å². The van der Waals surface area contributed by atoms with Crippen LogP contribution >= 0.6 is 0 Å². The summed E-state index contributed by atoms with van der Waals surface area (Å²) in [5, 5.41) is 14.6. The third-order valence-corrected chi connectivity index (χ3v) is 2.41. The summed E-state index contributed by atoms with van der Waals surface area (Å²) in [6, 6.07) is 5.50. The lowest BCUT2D eigenvalue weighted by molar-refractivity contribution is -0.122. The predicted molar refractivity (Wildman–Crippen MR) is 69.4 cm³/mol. The fourth-order valence-corrected chi connectivity index (χ4v) is 1.49. The van der Waals surface area contributed by atoms with Gasteiger partial charge in [0.1, 0.15) is 5.75 Å². The van der Waals surface area contributed by atoms with Gasteiger partial charge >= 0.3 is 0 Å². The summed E-state index contributed by atoms with van der Waals surface area (Å²) in [7, 11) is 0. The molecular weight excluding hydrogens is 232 g/mol. The van der Waals surface area contributed by atoms with Gasteiger partial charge in [0, 0.05) is 12.1 Å². The average molecular weight is 250 g/mol. The predicted octanol–water partition coefficient (Wildman–Crippen LogP) is 1.71. The number of amides is 1. The van der Waals surface area contributed by atoms with E-state index in [0.29, 0.717) is 23.6 Å². The molecule has 1 amide bonds. The minimum Gasteiger partial charge on any atom is -0.483 e. The van der Waals surface area contributed by atoms with E-state index in [2.05, 4.69) is 10.5 Å². The van der Waals surface area contributed by atoms with Crippen LogP contribution in [0.25, 0.3) is 0 Å². The number of hydrogen-bond donors (Lipinski definition) is 2. The van der Waals surface area contributed by atoms with Crippen LogP contribution in [0.4, 0.5) is 0 Å². The van der Waals surface area contributed by atoms with Crippen molar-refractivity contribution in [1.29, 1.82) is 0 Å². The highest BCUT2D eigenvalue weighted by Gasteiger charge is 2.09. The summed E-state index contributed by atoms with van der Waals surface area (Å²) < 4.78 is 5.45. The molecule has 5 heteroatoms. The van der Waals surface area contributed by atoms with Crippen LogP contribution in [0.15, 0.2) is 23.4 Å². The van der Waals surface area contributed by atoms with Crippen LogP contribution < -0.4 is 10.1 Å². The highest BCUT2D eigenvalue weighted by atomic mass is 16.5. The number of benzene rings is 1. The Kier molecular flexibility index (Phi) is 5.17. The zero-order chi connectivity index (χ0) is 13.5. The lowest BCUT2D eigenvalue weighted by atomic mass is 10.1. The molecule has 1 aromatic carbocycles. The van der Waals surface area contributed by atoms with E-state index in [1.54, 1.807) is 13.0 Å². The summed E-state index contributed by atoms with van der Waals surface area (Å²) >= 11 is 0. The van der Waals surface area contributed by atoms with Crippen molar-refractivity contribution in [2.75, 3.05) is 13.2 Å². The monoisotopic (exact) mass is 250 g/mol. The Labute approximate surface area is 106 Å². The molecule has 0 aliphatic rings. The molecule has 0 heterocycles. The van der Waals surface area contributed by atoms with Crippen molar-refractivity contribution in [2.24, 2.45) is 5.16 Å². The number of hydrogen-bond acceptors (Lipinski definition) is 4. The van der Waals surface area contributed by atoms with Crippen LogP contribution in [-0.2, 0) is 4.79 Å². The maximum Gasteiger partial charge on any atom is 0.257 e. The van der Waals surface area contributed by atoms with Crippen LogP contribution in [0, 0.1) is 6.92 Å². The molecule has 0 fully saturated rings. The summed E-state index contributed by atoms with van der Waals surface area (Å²) in [5.41, 5.74) is 2.13. The molecule has 18 heavy (non-hydrogen) atoms. The molecule has 2 N–H and O–H groups in total. The third kappa shape index (κ3) is 3.76. The first kappa shape index (κ1) is 14.0. The van der Waals surface area contributed by atoms with Crippen molar-refractivity contribution in [2.45, 2.75) is 20.8 Å².